The number of amides is 1. The molecule has 0 aliphatic heterocycles. The largest absolute Gasteiger partial charge is 0.384 e. The summed E-state index contributed by atoms with van der Waals surface area (Å²) in [6, 6.07) is 12.8. The highest BCUT2D eigenvalue weighted by Gasteiger charge is 2.17. The van der Waals surface area contributed by atoms with Crippen molar-refractivity contribution in [3.63, 3.8) is 0 Å². The SMILES string of the molecule is Cc1nc(N)ccc1CNC(=O)Cn1c(C)ccc(NS(=O)(=O)Cc2cccc(Cl)c2)c1=O. The smallest absolute Gasteiger partial charge is 0.275 e. The Morgan fingerprint density at radius 3 is 2.61 bits per heavy atom. The first-order valence-electron chi connectivity index (χ1n) is 9.98. The molecule has 33 heavy (non-hydrogen) atoms. The van der Waals surface area contributed by atoms with Gasteiger partial charge < -0.3 is 15.6 Å². The monoisotopic (exact) mass is 489 g/mol. The number of carbonyl (C=O) groups is 1. The zero-order valence-electron chi connectivity index (χ0n) is 18.1. The fourth-order valence-electron chi connectivity index (χ4n) is 3.18. The second kappa shape index (κ2) is 10.1. The van der Waals surface area contributed by atoms with Crippen LogP contribution in [0.4, 0.5) is 11.5 Å². The molecule has 0 bridgehead atoms. The topological polar surface area (TPSA) is 136 Å². The van der Waals surface area contributed by atoms with Crippen LogP contribution in [0.5, 0.6) is 0 Å². The van der Waals surface area contributed by atoms with Gasteiger partial charge >= 0.3 is 0 Å². The van der Waals surface area contributed by atoms with Gasteiger partial charge in [0.05, 0.1) is 5.75 Å². The number of anilines is 2. The van der Waals surface area contributed by atoms with Crippen molar-refractivity contribution in [3.05, 3.63) is 86.4 Å². The van der Waals surface area contributed by atoms with Crippen molar-refractivity contribution in [2.45, 2.75) is 32.7 Å². The van der Waals surface area contributed by atoms with Gasteiger partial charge in [0.15, 0.2) is 0 Å². The number of hydrogen-bond acceptors (Lipinski definition) is 6. The summed E-state index contributed by atoms with van der Waals surface area (Å²) in [7, 11) is -3.88. The maximum Gasteiger partial charge on any atom is 0.275 e. The Morgan fingerprint density at radius 2 is 1.91 bits per heavy atom. The van der Waals surface area contributed by atoms with E-state index < -0.39 is 21.5 Å². The van der Waals surface area contributed by atoms with Gasteiger partial charge in [-0.15, -0.1) is 0 Å². The molecule has 3 rings (SSSR count). The maximum absolute atomic E-state index is 12.9. The highest BCUT2D eigenvalue weighted by molar-refractivity contribution is 7.91. The van der Waals surface area contributed by atoms with Crippen molar-refractivity contribution in [1.82, 2.24) is 14.9 Å². The predicted octanol–water partition coefficient (Wildman–Crippen LogP) is 2.35. The van der Waals surface area contributed by atoms with Gasteiger partial charge in [-0.25, -0.2) is 13.4 Å². The lowest BCUT2D eigenvalue weighted by Gasteiger charge is -2.14. The molecular weight excluding hydrogens is 466 g/mol. The lowest BCUT2D eigenvalue weighted by atomic mass is 10.2. The van der Waals surface area contributed by atoms with Gasteiger partial charge in [0.1, 0.15) is 18.1 Å². The van der Waals surface area contributed by atoms with E-state index >= 15 is 0 Å². The lowest BCUT2D eigenvalue weighted by molar-refractivity contribution is -0.121. The Kier molecular flexibility index (Phi) is 7.39. The highest BCUT2D eigenvalue weighted by Crippen LogP contribution is 2.15. The van der Waals surface area contributed by atoms with Gasteiger partial charge in [-0.2, -0.15) is 0 Å². The minimum atomic E-state index is -3.88. The van der Waals surface area contributed by atoms with Crippen LogP contribution in [0.25, 0.3) is 0 Å². The number of rotatable bonds is 8. The van der Waals surface area contributed by atoms with Gasteiger partial charge in [0.25, 0.3) is 5.56 Å². The summed E-state index contributed by atoms with van der Waals surface area (Å²) in [5.41, 5.74) is 7.35. The molecule has 2 aromatic heterocycles. The molecule has 0 saturated carbocycles. The summed E-state index contributed by atoms with van der Waals surface area (Å²) in [5.74, 6) is -0.370. The first kappa shape index (κ1) is 24.3. The molecule has 0 atom stereocenters. The van der Waals surface area contributed by atoms with Crippen molar-refractivity contribution in [2.75, 3.05) is 10.5 Å². The Hall–Kier alpha value is -3.37. The molecule has 0 radical (unpaired) electrons. The van der Waals surface area contributed by atoms with E-state index in [-0.39, 0.29) is 24.5 Å². The van der Waals surface area contributed by atoms with E-state index in [4.69, 9.17) is 17.3 Å². The summed E-state index contributed by atoms with van der Waals surface area (Å²) in [6.07, 6.45) is 0. The predicted molar refractivity (Wildman–Crippen MR) is 128 cm³/mol. The average molecular weight is 490 g/mol. The molecule has 0 fully saturated rings. The first-order valence-corrected chi connectivity index (χ1v) is 12.0. The molecule has 0 aliphatic carbocycles. The minimum absolute atomic E-state index is 0.144. The fourth-order valence-corrected chi connectivity index (χ4v) is 4.58. The summed E-state index contributed by atoms with van der Waals surface area (Å²) in [5, 5.41) is 3.15. The van der Waals surface area contributed by atoms with Crippen LogP contribution in [0, 0.1) is 13.8 Å². The Labute approximate surface area is 196 Å². The van der Waals surface area contributed by atoms with E-state index in [0.717, 1.165) is 5.56 Å². The molecule has 9 nitrogen and oxygen atoms in total. The lowest BCUT2D eigenvalue weighted by Crippen LogP contribution is -2.34. The fraction of sp³-hybridized carbons (Fsp3) is 0.227. The average Bonchev–Trinajstić information content (AvgIpc) is 2.72. The van der Waals surface area contributed by atoms with Gasteiger partial charge in [-0.05, 0) is 55.3 Å². The normalized spacial score (nSPS) is 11.2. The summed E-state index contributed by atoms with van der Waals surface area (Å²) < 4.78 is 28.7. The summed E-state index contributed by atoms with van der Waals surface area (Å²) in [6.45, 7) is 3.39. The number of nitrogens with two attached hydrogens (primary N) is 1. The number of halogens is 1. The molecule has 174 valence electrons. The molecule has 4 N–H and O–H groups in total. The molecule has 1 aromatic carbocycles. The number of carbonyl (C=O) groups excluding carboxylic acids is 1. The number of aromatic nitrogens is 2. The summed E-state index contributed by atoms with van der Waals surface area (Å²) in [4.78, 5) is 29.5. The second-order valence-corrected chi connectivity index (χ2v) is 9.69. The number of aryl methyl sites for hydroxylation is 2. The third-order valence-electron chi connectivity index (χ3n) is 4.90. The number of sulfonamides is 1. The van der Waals surface area contributed by atoms with Gasteiger partial charge in [-0.1, -0.05) is 29.8 Å². The molecule has 3 aromatic rings. The van der Waals surface area contributed by atoms with Crippen molar-refractivity contribution >= 4 is 39.0 Å². The van der Waals surface area contributed by atoms with Crippen LogP contribution in [-0.2, 0) is 33.7 Å². The van der Waals surface area contributed by atoms with Crippen molar-refractivity contribution < 1.29 is 13.2 Å². The maximum atomic E-state index is 12.9. The van der Waals surface area contributed by atoms with Crippen molar-refractivity contribution in [2.24, 2.45) is 0 Å². The van der Waals surface area contributed by atoms with E-state index in [1.54, 1.807) is 50.2 Å². The standard InChI is InChI=1S/C22H24ClN5O4S/c1-14-6-8-19(27-33(31,32)13-16-4-3-5-18(23)10-16)22(30)28(14)12-21(29)25-11-17-7-9-20(24)26-15(17)2/h3-10,27H,11-13H2,1-2H3,(H2,24,26)(H,25,29). The highest BCUT2D eigenvalue weighted by atomic mass is 35.5. The zero-order chi connectivity index (χ0) is 24.2. The van der Waals surface area contributed by atoms with E-state index in [1.165, 1.54) is 16.7 Å². The number of pyridine rings is 2. The number of benzene rings is 1. The van der Waals surface area contributed by atoms with Crippen LogP contribution in [0.3, 0.4) is 0 Å². The zero-order valence-corrected chi connectivity index (χ0v) is 19.7. The third kappa shape index (κ3) is 6.56. The van der Waals surface area contributed by atoms with Crippen LogP contribution in [0.15, 0.2) is 53.3 Å². The quantitative estimate of drug-likeness (QED) is 0.444. The number of nitrogens with one attached hydrogen (secondary N) is 2. The molecule has 0 spiro atoms. The molecular formula is C22H24ClN5O4S. The molecule has 0 saturated heterocycles. The molecule has 2 heterocycles. The van der Waals surface area contributed by atoms with Gasteiger partial charge in [0, 0.05) is 23.0 Å². The summed E-state index contributed by atoms with van der Waals surface area (Å²) >= 11 is 5.91. The van der Waals surface area contributed by atoms with E-state index in [9.17, 15) is 18.0 Å². The Morgan fingerprint density at radius 1 is 1.15 bits per heavy atom. The number of hydrogen-bond donors (Lipinski definition) is 3. The van der Waals surface area contributed by atoms with E-state index in [1.807, 2.05) is 0 Å². The van der Waals surface area contributed by atoms with Crippen LogP contribution in [-0.4, -0.2) is 23.9 Å². The van der Waals surface area contributed by atoms with Gasteiger partial charge in [-0.3, -0.25) is 14.3 Å². The second-order valence-electron chi connectivity index (χ2n) is 7.53. The van der Waals surface area contributed by atoms with E-state index in [2.05, 4.69) is 15.0 Å². The van der Waals surface area contributed by atoms with Crippen LogP contribution < -0.4 is 21.3 Å². The minimum Gasteiger partial charge on any atom is -0.384 e. The first-order chi connectivity index (χ1) is 15.5. The van der Waals surface area contributed by atoms with Crippen molar-refractivity contribution in [1.29, 1.82) is 0 Å². The number of nitrogens with zero attached hydrogens (tertiary/aromatic N) is 2. The van der Waals surface area contributed by atoms with Crippen LogP contribution in [0.1, 0.15) is 22.5 Å². The third-order valence-corrected chi connectivity index (χ3v) is 6.38. The Bertz CT molecular complexity index is 1360. The van der Waals surface area contributed by atoms with Crippen LogP contribution >= 0.6 is 11.6 Å². The Balaban J connectivity index is 1.72. The molecule has 1 amide bonds. The van der Waals surface area contributed by atoms with Gasteiger partial charge in [0.2, 0.25) is 15.9 Å². The van der Waals surface area contributed by atoms with E-state index in [0.29, 0.717) is 27.8 Å². The molecule has 11 heteroatoms. The molecule has 0 aliphatic rings. The van der Waals surface area contributed by atoms with Crippen LogP contribution in [0.2, 0.25) is 5.02 Å². The molecule has 0 unspecified atom stereocenters. The van der Waals surface area contributed by atoms with Crippen molar-refractivity contribution in [3.8, 4) is 0 Å². The number of nitrogen functional groups attached to an aromatic ring is 1.